The van der Waals surface area contributed by atoms with Crippen molar-refractivity contribution in [2.45, 2.75) is 13.1 Å². The molecular weight excluding hydrogens is 314 g/mol. The molecule has 1 aliphatic rings. The van der Waals surface area contributed by atoms with Crippen LogP contribution in [0.4, 0.5) is 0 Å². The molecule has 0 bridgehead atoms. The number of aryl methyl sites for hydroxylation is 1. The van der Waals surface area contributed by atoms with E-state index in [0.29, 0.717) is 13.1 Å². The maximum absolute atomic E-state index is 12.5. The summed E-state index contributed by atoms with van der Waals surface area (Å²) in [5.74, 6) is 1.27. The zero-order valence-electron chi connectivity index (χ0n) is 15.1. The van der Waals surface area contributed by atoms with Crippen LogP contribution in [0.5, 0.6) is 0 Å². The van der Waals surface area contributed by atoms with Crippen molar-refractivity contribution >= 4 is 5.91 Å². The summed E-state index contributed by atoms with van der Waals surface area (Å²) in [5.41, 5.74) is 1.17. The Morgan fingerprint density at radius 1 is 1.12 bits per heavy atom. The van der Waals surface area contributed by atoms with Crippen LogP contribution >= 0.6 is 0 Å². The minimum atomic E-state index is 0.182. The van der Waals surface area contributed by atoms with Gasteiger partial charge in [-0.3, -0.25) is 14.6 Å². The Hall–Kier alpha value is -2.18. The Bertz CT molecular complexity index is 676. The lowest BCUT2D eigenvalue weighted by Gasteiger charge is -2.34. The van der Waals surface area contributed by atoms with Gasteiger partial charge < -0.3 is 9.47 Å². The number of hydrogen-bond donors (Lipinski definition) is 0. The molecule has 2 aromatic rings. The Labute approximate surface area is 149 Å². The van der Waals surface area contributed by atoms with Gasteiger partial charge in [-0.15, -0.1) is 0 Å². The van der Waals surface area contributed by atoms with Gasteiger partial charge in [0.2, 0.25) is 5.91 Å². The van der Waals surface area contributed by atoms with Crippen LogP contribution in [0.1, 0.15) is 11.4 Å². The molecule has 1 aliphatic heterocycles. The largest absolute Gasteiger partial charge is 0.340 e. The number of likely N-dealkylation sites (N-methyl/N-ethyl adjacent to an activating group) is 1. The van der Waals surface area contributed by atoms with E-state index >= 15 is 0 Å². The summed E-state index contributed by atoms with van der Waals surface area (Å²) >= 11 is 0. The van der Waals surface area contributed by atoms with Gasteiger partial charge in [0.25, 0.3) is 0 Å². The van der Waals surface area contributed by atoms with Crippen LogP contribution in [0.15, 0.2) is 42.7 Å². The van der Waals surface area contributed by atoms with Crippen molar-refractivity contribution < 1.29 is 4.79 Å². The number of rotatable bonds is 6. The van der Waals surface area contributed by atoms with Crippen LogP contribution in [-0.2, 0) is 24.9 Å². The van der Waals surface area contributed by atoms with Crippen LogP contribution in [0.25, 0.3) is 0 Å². The quantitative estimate of drug-likeness (QED) is 0.792. The van der Waals surface area contributed by atoms with Crippen LogP contribution in [0.2, 0.25) is 0 Å². The molecule has 1 aromatic heterocycles. The lowest BCUT2D eigenvalue weighted by molar-refractivity contribution is -0.132. The molecule has 0 spiro atoms. The average Bonchev–Trinajstić information content (AvgIpc) is 3.02. The summed E-state index contributed by atoms with van der Waals surface area (Å²) in [6.45, 7) is 5.84. The van der Waals surface area contributed by atoms with Gasteiger partial charge >= 0.3 is 0 Å². The summed E-state index contributed by atoms with van der Waals surface area (Å²) in [4.78, 5) is 23.3. The summed E-state index contributed by atoms with van der Waals surface area (Å²) in [5, 5.41) is 0. The molecule has 0 saturated carbocycles. The maximum atomic E-state index is 12.5. The number of carbonyl (C=O) groups excluding carboxylic acids is 1. The fraction of sp³-hybridized carbons (Fsp3) is 0.474. The van der Waals surface area contributed by atoms with E-state index < -0.39 is 0 Å². The molecule has 6 heteroatoms. The van der Waals surface area contributed by atoms with E-state index in [0.717, 1.165) is 38.5 Å². The number of nitrogens with zero attached hydrogens (tertiary/aromatic N) is 5. The standard InChI is InChI=1S/C19H27N5O/c1-21-9-8-20-18(21)15-23-10-12-24(13-11-23)16-19(25)22(2)14-17-6-4-3-5-7-17/h3-9H,10-16H2,1-2H3. The second-order valence-corrected chi connectivity index (χ2v) is 6.74. The first-order valence-corrected chi connectivity index (χ1v) is 8.80. The smallest absolute Gasteiger partial charge is 0.236 e. The highest BCUT2D eigenvalue weighted by Crippen LogP contribution is 2.08. The Morgan fingerprint density at radius 2 is 1.80 bits per heavy atom. The Morgan fingerprint density at radius 3 is 2.44 bits per heavy atom. The predicted molar refractivity (Wildman–Crippen MR) is 97.8 cm³/mol. The zero-order valence-corrected chi connectivity index (χ0v) is 15.1. The van der Waals surface area contributed by atoms with E-state index in [1.165, 1.54) is 5.56 Å². The van der Waals surface area contributed by atoms with Crippen molar-refractivity contribution in [2.24, 2.45) is 7.05 Å². The molecule has 0 unspecified atom stereocenters. The van der Waals surface area contributed by atoms with Crippen molar-refractivity contribution in [3.63, 3.8) is 0 Å². The molecule has 1 fully saturated rings. The van der Waals surface area contributed by atoms with Gasteiger partial charge in [0.15, 0.2) is 0 Å². The number of aromatic nitrogens is 2. The molecule has 0 radical (unpaired) electrons. The summed E-state index contributed by atoms with van der Waals surface area (Å²) in [6.07, 6.45) is 3.82. The molecule has 1 saturated heterocycles. The molecule has 6 nitrogen and oxygen atoms in total. The van der Waals surface area contributed by atoms with Crippen molar-refractivity contribution in [2.75, 3.05) is 39.8 Å². The molecular formula is C19H27N5O. The van der Waals surface area contributed by atoms with Gasteiger partial charge in [0.1, 0.15) is 5.82 Å². The molecule has 3 rings (SSSR count). The highest BCUT2D eigenvalue weighted by atomic mass is 16.2. The number of piperazine rings is 1. The van der Waals surface area contributed by atoms with Crippen molar-refractivity contribution in [3.05, 3.63) is 54.1 Å². The lowest BCUT2D eigenvalue weighted by Crippen LogP contribution is -2.49. The number of hydrogen-bond acceptors (Lipinski definition) is 4. The third kappa shape index (κ3) is 4.90. The van der Waals surface area contributed by atoms with Crippen LogP contribution in [-0.4, -0.2) is 69.9 Å². The first kappa shape index (κ1) is 17.6. The van der Waals surface area contributed by atoms with Crippen molar-refractivity contribution in [1.29, 1.82) is 0 Å². The molecule has 1 amide bonds. The highest BCUT2D eigenvalue weighted by molar-refractivity contribution is 5.78. The fourth-order valence-electron chi connectivity index (χ4n) is 3.11. The summed E-state index contributed by atoms with van der Waals surface area (Å²) in [6, 6.07) is 10.1. The van der Waals surface area contributed by atoms with Crippen LogP contribution in [0.3, 0.4) is 0 Å². The lowest BCUT2D eigenvalue weighted by atomic mass is 10.2. The molecule has 1 aromatic carbocycles. The first-order chi connectivity index (χ1) is 12.1. The van der Waals surface area contributed by atoms with E-state index in [1.54, 1.807) is 0 Å². The van der Waals surface area contributed by atoms with Gasteiger partial charge in [-0.1, -0.05) is 30.3 Å². The SMILES string of the molecule is CN(Cc1ccccc1)C(=O)CN1CCN(Cc2nccn2C)CC1. The van der Waals surface area contributed by atoms with Gasteiger partial charge in [-0.05, 0) is 5.56 Å². The average molecular weight is 341 g/mol. The van der Waals surface area contributed by atoms with Crippen LogP contribution < -0.4 is 0 Å². The van der Waals surface area contributed by atoms with E-state index in [-0.39, 0.29) is 5.91 Å². The number of imidazole rings is 1. The number of benzene rings is 1. The summed E-state index contributed by atoms with van der Waals surface area (Å²) in [7, 11) is 3.91. The number of carbonyl (C=O) groups is 1. The molecule has 2 heterocycles. The van der Waals surface area contributed by atoms with E-state index in [4.69, 9.17) is 0 Å². The predicted octanol–water partition coefficient (Wildman–Crippen LogP) is 1.20. The topological polar surface area (TPSA) is 44.6 Å². The minimum Gasteiger partial charge on any atom is -0.340 e. The van der Waals surface area contributed by atoms with E-state index in [9.17, 15) is 4.79 Å². The summed E-state index contributed by atoms with van der Waals surface area (Å²) < 4.78 is 2.06. The monoisotopic (exact) mass is 341 g/mol. The van der Waals surface area contributed by atoms with Gasteiger partial charge in [0.05, 0.1) is 13.1 Å². The third-order valence-electron chi connectivity index (χ3n) is 4.80. The van der Waals surface area contributed by atoms with Crippen molar-refractivity contribution in [1.82, 2.24) is 24.3 Å². The van der Waals surface area contributed by atoms with Gasteiger partial charge in [-0.25, -0.2) is 4.98 Å². The fourth-order valence-corrected chi connectivity index (χ4v) is 3.11. The molecule has 134 valence electrons. The Kier molecular flexibility index (Phi) is 5.83. The normalized spacial score (nSPS) is 16.1. The van der Waals surface area contributed by atoms with Gasteiger partial charge in [0, 0.05) is 59.2 Å². The van der Waals surface area contributed by atoms with Gasteiger partial charge in [-0.2, -0.15) is 0 Å². The van der Waals surface area contributed by atoms with E-state index in [1.807, 2.05) is 49.6 Å². The van der Waals surface area contributed by atoms with E-state index in [2.05, 4.69) is 31.5 Å². The first-order valence-electron chi connectivity index (χ1n) is 8.80. The molecule has 0 aliphatic carbocycles. The maximum Gasteiger partial charge on any atom is 0.236 e. The Balaban J connectivity index is 1.42. The third-order valence-corrected chi connectivity index (χ3v) is 4.80. The minimum absolute atomic E-state index is 0.182. The van der Waals surface area contributed by atoms with Crippen LogP contribution in [0, 0.1) is 0 Å². The number of amides is 1. The molecule has 0 atom stereocenters. The van der Waals surface area contributed by atoms with Crippen molar-refractivity contribution in [3.8, 4) is 0 Å². The molecule has 0 N–H and O–H groups in total. The molecule has 25 heavy (non-hydrogen) atoms. The highest BCUT2D eigenvalue weighted by Gasteiger charge is 2.21. The zero-order chi connectivity index (χ0) is 17.6. The second kappa shape index (κ2) is 8.27. The second-order valence-electron chi connectivity index (χ2n) is 6.74.